The van der Waals surface area contributed by atoms with Crippen LogP contribution in [0.15, 0.2) is 54.6 Å². The number of allylic oxidation sites excluding steroid dienone is 1. The Morgan fingerprint density at radius 3 is 2.53 bits per heavy atom. The zero-order chi connectivity index (χ0) is 24.8. The van der Waals surface area contributed by atoms with Crippen LogP contribution >= 0.6 is 0 Å². The summed E-state index contributed by atoms with van der Waals surface area (Å²) in [7, 11) is 0. The van der Waals surface area contributed by atoms with Gasteiger partial charge in [0, 0.05) is 0 Å². The number of nitrogens with one attached hydrogen (secondary N) is 1. The van der Waals surface area contributed by atoms with E-state index in [1.165, 1.54) is 6.08 Å². The normalized spacial score (nSPS) is 14.7. The summed E-state index contributed by atoms with van der Waals surface area (Å²) in [6, 6.07) is 9.40. The number of hydrogen-bond acceptors (Lipinski definition) is 6. The van der Waals surface area contributed by atoms with Gasteiger partial charge < -0.3 is 9.47 Å². The minimum atomic E-state index is -0.800. The highest BCUT2D eigenvalue weighted by Crippen LogP contribution is 2.26. The van der Waals surface area contributed by atoms with Gasteiger partial charge in [-0.15, -0.1) is 6.58 Å². The highest BCUT2D eigenvalue weighted by Gasteiger charge is 2.36. The summed E-state index contributed by atoms with van der Waals surface area (Å²) in [5, 5.41) is 2.23. The summed E-state index contributed by atoms with van der Waals surface area (Å²) in [5.41, 5.74) is 3.38. The fourth-order valence-corrected chi connectivity index (χ4v) is 3.41. The lowest BCUT2D eigenvalue weighted by atomic mass is 10.0. The Balaban J connectivity index is 1.92. The van der Waals surface area contributed by atoms with E-state index in [1.807, 2.05) is 19.9 Å². The van der Waals surface area contributed by atoms with E-state index in [0.29, 0.717) is 29.0 Å². The number of hydrogen-bond donors (Lipinski definition) is 1. The van der Waals surface area contributed by atoms with Crippen LogP contribution in [0.1, 0.15) is 29.2 Å². The van der Waals surface area contributed by atoms with E-state index in [9.17, 15) is 19.2 Å². The third kappa shape index (κ3) is 5.40. The molecule has 3 rings (SSSR count). The van der Waals surface area contributed by atoms with Gasteiger partial charge in [-0.05, 0) is 79.8 Å². The van der Waals surface area contributed by atoms with Crippen molar-refractivity contribution in [3.63, 3.8) is 0 Å². The molecule has 0 radical (unpaired) electrons. The van der Waals surface area contributed by atoms with E-state index in [0.717, 1.165) is 16.0 Å². The highest BCUT2D eigenvalue weighted by atomic mass is 16.6. The average molecular weight is 463 g/mol. The van der Waals surface area contributed by atoms with Crippen molar-refractivity contribution in [2.75, 3.05) is 18.1 Å². The van der Waals surface area contributed by atoms with Gasteiger partial charge >= 0.3 is 12.0 Å². The lowest BCUT2D eigenvalue weighted by Gasteiger charge is -2.27. The maximum atomic E-state index is 13.1. The molecule has 1 aliphatic rings. The lowest BCUT2D eigenvalue weighted by Crippen LogP contribution is -2.54. The van der Waals surface area contributed by atoms with Crippen LogP contribution in [0.2, 0.25) is 0 Å². The van der Waals surface area contributed by atoms with Crippen molar-refractivity contribution in [1.29, 1.82) is 0 Å². The van der Waals surface area contributed by atoms with E-state index < -0.39 is 23.8 Å². The van der Waals surface area contributed by atoms with Crippen LogP contribution < -0.4 is 15.0 Å². The number of benzene rings is 2. The summed E-state index contributed by atoms with van der Waals surface area (Å²) in [6.45, 7) is 9.25. The Morgan fingerprint density at radius 2 is 1.85 bits per heavy atom. The smallest absolute Gasteiger partial charge is 0.344 e. The summed E-state index contributed by atoms with van der Waals surface area (Å²) in [6.07, 6.45) is 3.52. The quantitative estimate of drug-likeness (QED) is 0.278. The summed E-state index contributed by atoms with van der Waals surface area (Å²) >= 11 is 0. The molecule has 1 heterocycles. The third-order valence-electron chi connectivity index (χ3n) is 5.26. The maximum Gasteiger partial charge on any atom is 0.344 e. The van der Waals surface area contributed by atoms with Gasteiger partial charge in [-0.3, -0.25) is 14.9 Å². The Morgan fingerprint density at radius 1 is 1.09 bits per heavy atom. The van der Waals surface area contributed by atoms with E-state index >= 15 is 0 Å². The number of ether oxygens (including phenoxy) is 2. The van der Waals surface area contributed by atoms with Crippen molar-refractivity contribution in [1.82, 2.24) is 5.32 Å². The Hall–Kier alpha value is -4.20. The number of carbonyl (C=O) groups excluding carboxylic acids is 4. The second-order valence-corrected chi connectivity index (χ2v) is 7.68. The Bertz CT molecular complexity index is 1200. The van der Waals surface area contributed by atoms with Gasteiger partial charge in [0.25, 0.3) is 11.8 Å². The molecule has 176 valence electrons. The fourth-order valence-electron chi connectivity index (χ4n) is 3.41. The molecule has 0 spiro atoms. The van der Waals surface area contributed by atoms with Crippen molar-refractivity contribution in [3.05, 3.63) is 76.9 Å². The molecule has 1 saturated heterocycles. The standard InChI is InChI=1S/C26H26N2O6/c1-5-7-19-13-18(9-11-22(19)34-15-23(29)33-6-2)14-21-24(30)27-26(32)28(25(21)31)20-10-8-16(3)17(4)12-20/h5,8-14H,1,6-7,15H2,2-4H3,(H,27,30,32)/b21-14+. The van der Waals surface area contributed by atoms with E-state index in [2.05, 4.69) is 11.9 Å². The molecular weight excluding hydrogens is 436 g/mol. The number of imide groups is 2. The molecule has 34 heavy (non-hydrogen) atoms. The molecule has 2 aromatic carbocycles. The minimum Gasteiger partial charge on any atom is -0.482 e. The molecule has 0 saturated carbocycles. The summed E-state index contributed by atoms with van der Waals surface area (Å²) in [4.78, 5) is 50.6. The summed E-state index contributed by atoms with van der Waals surface area (Å²) < 4.78 is 10.4. The van der Waals surface area contributed by atoms with Crippen LogP contribution in [-0.4, -0.2) is 37.0 Å². The number of amides is 4. The second kappa shape index (κ2) is 10.6. The van der Waals surface area contributed by atoms with E-state index in [4.69, 9.17) is 9.47 Å². The van der Waals surface area contributed by atoms with E-state index in [-0.39, 0.29) is 18.8 Å². The first-order chi connectivity index (χ1) is 16.2. The second-order valence-electron chi connectivity index (χ2n) is 7.68. The van der Waals surface area contributed by atoms with Gasteiger partial charge in [0.05, 0.1) is 12.3 Å². The predicted molar refractivity (Wildman–Crippen MR) is 127 cm³/mol. The molecule has 2 aromatic rings. The lowest BCUT2D eigenvalue weighted by molar-refractivity contribution is -0.145. The number of anilines is 1. The minimum absolute atomic E-state index is 0.178. The molecule has 1 fully saturated rings. The van der Waals surface area contributed by atoms with Crippen LogP contribution in [0.4, 0.5) is 10.5 Å². The zero-order valence-corrected chi connectivity index (χ0v) is 19.3. The van der Waals surface area contributed by atoms with E-state index in [1.54, 1.807) is 43.3 Å². The summed E-state index contributed by atoms with van der Waals surface area (Å²) in [5.74, 6) is -1.52. The SMILES string of the molecule is C=CCc1cc(/C=C2\C(=O)NC(=O)N(c3ccc(C)c(C)c3)C2=O)ccc1OCC(=O)OCC. The number of nitrogens with zero attached hydrogens (tertiary/aromatic N) is 1. The molecule has 8 heteroatoms. The van der Waals surface area contributed by atoms with Crippen LogP contribution in [0, 0.1) is 13.8 Å². The van der Waals surface area contributed by atoms with Gasteiger partial charge in [0.15, 0.2) is 6.61 Å². The topological polar surface area (TPSA) is 102 Å². The number of rotatable bonds is 8. The molecular formula is C26H26N2O6. The first-order valence-electron chi connectivity index (χ1n) is 10.8. The Labute approximate surface area is 197 Å². The molecule has 0 unspecified atom stereocenters. The molecule has 0 aromatic heterocycles. The van der Waals surface area contributed by atoms with Gasteiger partial charge in [0.2, 0.25) is 0 Å². The first kappa shape index (κ1) is 24.4. The fraction of sp³-hybridized carbons (Fsp3) is 0.231. The number of barbiturate groups is 1. The van der Waals surface area contributed by atoms with Gasteiger partial charge in [-0.25, -0.2) is 14.5 Å². The number of esters is 1. The zero-order valence-electron chi connectivity index (χ0n) is 19.3. The molecule has 0 bridgehead atoms. The van der Waals surface area contributed by atoms with Crippen molar-refractivity contribution >= 4 is 35.6 Å². The van der Waals surface area contributed by atoms with Crippen molar-refractivity contribution in [2.24, 2.45) is 0 Å². The molecule has 8 nitrogen and oxygen atoms in total. The molecule has 0 aliphatic carbocycles. The number of carbonyl (C=O) groups is 4. The monoisotopic (exact) mass is 462 g/mol. The van der Waals surface area contributed by atoms with Crippen LogP contribution in [-0.2, 0) is 25.5 Å². The Kier molecular flexibility index (Phi) is 7.63. The van der Waals surface area contributed by atoms with Crippen molar-refractivity contribution in [2.45, 2.75) is 27.2 Å². The average Bonchev–Trinajstić information content (AvgIpc) is 2.78. The van der Waals surface area contributed by atoms with Crippen molar-refractivity contribution < 1.29 is 28.7 Å². The van der Waals surface area contributed by atoms with Crippen LogP contribution in [0.25, 0.3) is 6.08 Å². The number of urea groups is 1. The number of aryl methyl sites for hydroxylation is 2. The van der Waals surface area contributed by atoms with Gasteiger partial charge in [-0.1, -0.05) is 18.2 Å². The first-order valence-corrected chi connectivity index (χ1v) is 10.8. The molecule has 4 amide bonds. The van der Waals surface area contributed by atoms with Gasteiger partial charge in [-0.2, -0.15) is 0 Å². The van der Waals surface area contributed by atoms with Crippen LogP contribution in [0.3, 0.4) is 0 Å². The molecule has 1 N–H and O–H groups in total. The maximum absolute atomic E-state index is 13.1. The largest absolute Gasteiger partial charge is 0.482 e. The molecule has 0 atom stereocenters. The van der Waals surface area contributed by atoms with Gasteiger partial charge in [0.1, 0.15) is 11.3 Å². The molecule has 1 aliphatic heterocycles. The van der Waals surface area contributed by atoms with Crippen molar-refractivity contribution in [3.8, 4) is 5.75 Å². The third-order valence-corrected chi connectivity index (χ3v) is 5.26. The highest BCUT2D eigenvalue weighted by molar-refractivity contribution is 6.39. The predicted octanol–water partition coefficient (Wildman–Crippen LogP) is 3.64. The van der Waals surface area contributed by atoms with Crippen LogP contribution in [0.5, 0.6) is 5.75 Å².